The van der Waals surface area contributed by atoms with Gasteiger partial charge in [0.05, 0.1) is 0 Å². The Morgan fingerprint density at radius 1 is 1.00 bits per heavy atom. The van der Waals surface area contributed by atoms with Crippen LogP contribution in [-0.2, 0) is 19.5 Å². The minimum Gasteiger partial charge on any atom is -0.214 e. The van der Waals surface area contributed by atoms with Crippen molar-refractivity contribution in [3.05, 3.63) is 53.6 Å². The number of hydrogen-bond acceptors (Lipinski definition) is 0. The van der Waals surface area contributed by atoms with E-state index in [4.69, 9.17) is 11.6 Å². The van der Waals surface area contributed by atoms with Crippen LogP contribution < -0.4 is 0 Å². The second-order valence-corrected chi connectivity index (χ2v) is 3.69. The van der Waals surface area contributed by atoms with E-state index in [2.05, 4.69) is 18.2 Å². The average molecular weight is 309 g/mol. The first-order chi connectivity index (χ1) is 6.89. The molecule has 0 saturated heterocycles. The fraction of sp³-hybridized carbons (Fsp3) is 0.308. The summed E-state index contributed by atoms with van der Waals surface area (Å²) in [6.45, 7) is 0. The van der Waals surface area contributed by atoms with Gasteiger partial charge in [0.1, 0.15) is 0 Å². The molecule has 0 heterocycles. The van der Waals surface area contributed by atoms with Crippen LogP contribution in [0.2, 0.25) is 0 Å². The normalized spacial score (nSPS) is 14.9. The van der Waals surface area contributed by atoms with E-state index in [1.807, 2.05) is 30.3 Å². The van der Waals surface area contributed by atoms with Gasteiger partial charge in [0.2, 0.25) is 0 Å². The Morgan fingerprint density at radius 3 is 2.27 bits per heavy atom. The van der Waals surface area contributed by atoms with Crippen LogP contribution >= 0.6 is 11.6 Å². The van der Waals surface area contributed by atoms with Crippen LogP contribution in [-0.4, -0.2) is 0 Å². The molecule has 0 aliphatic heterocycles. The molecule has 0 saturated carbocycles. The molecule has 83 valence electrons. The Morgan fingerprint density at radius 2 is 1.67 bits per heavy atom. The van der Waals surface area contributed by atoms with Crippen LogP contribution in [0.1, 0.15) is 25.7 Å². The molecule has 2 heteroatoms. The fourth-order valence-electron chi connectivity index (χ4n) is 1.22. The van der Waals surface area contributed by atoms with Gasteiger partial charge in [-0.25, -0.2) is 12.1 Å². The number of halogens is 1. The Kier molecular flexibility index (Phi) is 10.1. The summed E-state index contributed by atoms with van der Waals surface area (Å²) >= 11 is 5.82. The molecule has 0 atom stereocenters. The van der Waals surface area contributed by atoms with Crippen LogP contribution in [0.3, 0.4) is 0 Å². The third-order valence-corrected chi connectivity index (χ3v) is 2.31. The van der Waals surface area contributed by atoms with Crippen molar-refractivity contribution in [3.63, 3.8) is 0 Å². The van der Waals surface area contributed by atoms with Gasteiger partial charge in [-0.3, -0.25) is 0 Å². The van der Waals surface area contributed by atoms with E-state index in [-0.39, 0.29) is 19.5 Å². The summed E-state index contributed by atoms with van der Waals surface area (Å²) in [5.41, 5.74) is 0. The van der Waals surface area contributed by atoms with Gasteiger partial charge in [-0.1, -0.05) is 29.8 Å². The molecule has 0 N–H and O–H groups in total. The third-order valence-electron chi connectivity index (χ3n) is 1.97. The molecule has 15 heavy (non-hydrogen) atoms. The summed E-state index contributed by atoms with van der Waals surface area (Å²) in [7, 11) is 0. The zero-order valence-electron chi connectivity index (χ0n) is 8.68. The molecule has 0 amide bonds. The predicted octanol–water partition coefficient (Wildman–Crippen LogP) is 4.64. The van der Waals surface area contributed by atoms with Crippen molar-refractivity contribution >= 4 is 11.6 Å². The maximum atomic E-state index is 5.82. The first-order valence-corrected chi connectivity index (χ1v) is 5.43. The van der Waals surface area contributed by atoms with Gasteiger partial charge in [-0.15, -0.1) is 0 Å². The Labute approximate surface area is 110 Å². The van der Waals surface area contributed by atoms with Crippen molar-refractivity contribution in [1.82, 2.24) is 0 Å². The van der Waals surface area contributed by atoms with Crippen LogP contribution in [0.15, 0.2) is 53.6 Å². The van der Waals surface area contributed by atoms with E-state index in [0.29, 0.717) is 0 Å². The second kappa shape index (κ2) is 10.3. The van der Waals surface area contributed by atoms with Gasteiger partial charge >= 0.3 is 19.5 Å². The molecule has 1 aromatic rings. The van der Waals surface area contributed by atoms with E-state index < -0.39 is 0 Å². The van der Waals surface area contributed by atoms with Gasteiger partial charge in [0, 0.05) is 5.03 Å². The van der Waals surface area contributed by atoms with Crippen LogP contribution in [0, 0.1) is 0 Å². The van der Waals surface area contributed by atoms with E-state index >= 15 is 0 Å². The van der Waals surface area contributed by atoms with Crippen molar-refractivity contribution in [2.75, 3.05) is 0 Å². The molecule has 0 nitrogen and oxygen atoms in total. The molecular weight excluding hydrogens is 293 g/mol. The molecule has 1 aliphatic rings. The summed E-state index contributed by atoms with van der Waals surface area (Å²) in [5.74, 6) is 0. The minimum absolute atomic E-state index is 0. The zero-order valence-corrected chi connectivity index (χ0v) is 11.2. The Balaban J connectivity index is 0.000000280. The summed E-state index contributed by atoms with van der Waals surface area (Å²) < 4.78 is 0. The predicted molar refractivity (Wildman–Crippen MR) is 63.6 cm³/mol. The quantitative estimate of drug-likeness (QED) is 0.372. The van der Waals surface area contributed by atoms with E-state index in [1.165, 1.54) is 0 Å². The van der Waals surface area contributed by atoms with Crippen molar-refractivity contribution in [2.24, 2.45) is 0 Å². The van der Waals surface area contributed by atoms with Gasteiger partial charge in [0.15, 0.2) is 0 Å². The maximum absolute atomic E-state index is 5.82. The monoisotopic (exact) mass is 309 g/mol. The van der Waals surface area contributed by atoms with Crippen molar-refractivity contribution in [1.29, 1.82) is 0 Å². The topological polar surface area (TPSA) is 0 Å². The molecule has 0 fully saturated rings. The van der Waals surface area contributed by atoms with E-state index in [0.717, 1.165) is 30.7 Å². The summed E-state index contributed by atoms with van der Waals surface area (Å²) in [6, 6.07) is 10.0. The Hall–Kier alpha value is -0.257. The number of hydrogen-bond donors (Lipinski definition) is 0. The summed E-state index contributed by atoms with van der Waals surface area (Å²) in [5, 5.41) is 1.03. The van der Waals surface area contributed by atoms with Crippen LogP contribution in [0.5, 0.6) is 0 Å². The summed E-state index contributed by atoms with van der Waals surface area (Å²) in [6.07, 6.45) is 10.9. The van der Waals surface area contributed by atoms with Gasteiger partial charge in [-0.2, -0.15) is 18.2 Å². The minimum atomic E-state index is 0. The van der Waals surface area contributed by atoms with Crippen LogP contribution in [0.4, 0.5) is 0 Å². The average Bonchev–Trinajstić information content (AvgIpc) is 2.69. The van der Waals surface area contributed by atoms with Gasteiger partial charge in [0.25, 0.3) is 0 Å². The molecule has 2 rings (SSSR count). The molecular formula is C13H16ClRu. The maximum Gasteiger partial charge on any atom is 1.00 e. The fourth-order valence-corrected chi connectivity index (χ4v) is 1.43. The molecule has 1 aliphatic carbocycles. The zero-order chi connectivity index (χ0) is 10.1. The molecule has 1 aromatic carbocycles. The summed E-state index contributed by atoms with van der Waals surface area (Å²) in [4.78, 5) is 0. The van der Waals surface area contributed by atoms with Crippen molar-refractivity contribution < 1.29 is 19.5 Å². The molecule has 0 aromatic heterocycles. The first-order valence-electron chi connectivity index (χ1n) is 5.06. The van der Waals surface area contributed by atoms with Crippen LogP contribution in [0.25, 0.3) is 0 Å². The molecule has 1 radical (unpaired) electrons. The largest absolute Gasteiger partial charge is 1.00 e. The third kappa shape index (κ3) is 8.72. The molecule has 0 bridgehead atoms. The number of rotatable bonds is 0. The van der Waals surface area contributed by atoms with Gasteiger partial charge < -0.3 is 0 Å². The second-order valence-electron chi connectivity index (χ2n) is 3.20. The first kappa shape index (κ1) is 14.7. The van der Waals surface area contributed by atoms with E-state index in [9.17, 15) is 0 Å². The van der Waals surface area contributed by atoms with Gasteiger partial charge in [-0.05, 0) is 25.7 Å². The molecule has 0 unspecified atom stereocenters. The molecule has 0 spiro atoms. The van der Waals surface area contributed by atoms with Crippen molar-refractivity contribution in [2.45, 2.75) is 25.7 Å². The number of allylic oxidation sites excluding steroid dienone is 4. The Bertz CT molecular complexity index is 256. The van der Waals surface area contributed by atoms with E-state index in [1.54, 1.807) is 0 Å². The smallest absolute Gasteiger partial charge is 0.214 e. The van der Waals surface area contributed by atoms with Crippen molar-refractivity contribution in [3.8, 4) is 0 Å². The SMILES string of the molecule is ClC1=CCCC=CCC1.[Ru+].c1cc[cH-]c1. The standard InChI is InChI=1S/C8H11Cl.C5H5.Ru/c9-8-6-4-2-1-3-5-7-8;1-2-4-5-3-1;/h1-2,7H,3-6H2;1-5H;/q;-1;+1.